The Morgan fingerprint density at radius 2 is 2.35 bits per heavy atom. The lowest BCUT2D eigenvalue weighted by molar-refractivity contribution is 0.966. The van der Waals surface area contributed by atoms with Crippen LogP contribution in [0.15, 0.2) is 17.8 Å². The van der Waals surface area contributed by atoms with Crippen molar-refractivity contribution >= 4 is 22.0 Å². The maximum atomic E-state index is 4.55. The number of nitrogens with one attached hydrogen (secondary N) is 2. The first-order chi connectivity index (χ1) is 8.25. The molecule has 0 aliphatic rings. The first kappa shape index (κ1) is 10.3. The molecule has 0 aliphatic heterocycles. The minimum Gasteiger partial charge on any atom is -0.377 e. The highest BCUT2D eigenvalue weighted by molar-refractivity contribution is 7.15. The van der Waals surface area contributed by atoms with Gasteiger partial charge in [-0.15, -0.1) is 11.3 Å². The van der Waals surface area contributed by atoms with Gasteiger partial charge in [-0.25, -0.2) is 4.98 Å². The fourth-order valence-corrected chi connectivity index (χ4v) is 2.84. The number of aryl methyl sites for hydroxylation is 2. The van der Waals surface area contributed by atoms with E-state index >= 15 is 0 Å². The van der Waals surface area contributed by atoms with E-state index in [2.05, 4.69) is 37.2 Å². The molecular formula is C11H13N5S. The monoisotopic (exact) mass is 247 g/mol. The molecule has 3 rings (SSSR count). The van der Waals surface area contributed by atoms with Crippen molar-refractivity contribution in [2.75, 3.05) is 5.32 Å². The predicted octanol–water partition coefficient (Wildman–Crippen LogP) is 2.35. The maximum Gasteiger partial charge on any atom is 0.194 e. The average Bonchev–Trinajstić information content (AvgIpc) is 2.97. The Hall–Kier alpha value is -1.82. The molecule has 3 aromatic heterocycles. The summed E-state index contributed by atoms with van der Waals surface area (Å²) in [6.07, 6.45) is 3.61. The molecule has 88 valence electrons. The SMILES string of the molecule is Cc1nc2scc(C)n2c1CNc1cn[nH]c1. The molecule has 0 amide bonds. The van der Waals surface area contributed by atoms with Gasteiger partial charge >= 0.3 is 0 Å². The third kappa shape index (κ3) is 1.70. The molecule has 3 aromatic rings. The topological polar surface area (TPSA) is 58.0 Å². The van der Waals surface area contributed by atoms with Gasteiger partial charge in [-0.1, -0.05) is 0 Å². The molecule has 17 heavy (non-hydrogen) atoms. The fraction of sp³-hybridized carbons (Fsp3) is 0.273. The zero-order valence-electron chi connectivity index (χ0n) is 9.69. The van der Waals surface area contributed by atoms with E-state index in [1.807, 2.05) is 13.1 Å². The quantitative estimate of drug-likeness (QED) is 0.747. The number of nitrogens with zero attached hydrogens (tertiary/aromatic N) is 3. The highest BCUT2D eigenvalue weighted by Gasteiger charge is 2.11. The summed E-state index contributed by atoms with van der Waals surface area (Å²) in [7, 11) is 0. The Kier molecular flexibility index (Phi) is 2.36. The van der Waals surface area contributed by atoms with E-state index in [-0.39, 0.29) is 0 Å². The number of thiazole rings is 1. The number of rotatable bonds is 3. The Balaban J connectivity index is 1.93. The summed E-state index contributed by atoms with van der Waals surface area (Å²) in [5.74, 6) is 0. The van der Waals surface area contributed by atoms with E-state index in [9.17, 15) is 0 Å². The number of H-pyrrole nitrogens is 1. The van der Waals surface area contributed by atoms with E-state index in [1.54, 1.807) is 17.5 Å². The van der Waals surface area contributed by atoms with Gasteiger partial charge in [-0.05, 0) is 13.8 Å². The van der Waals surface area contributed by atoms with Gasteiger partial charge in [0.25, 0.3) is 0 Å². The zero-order valence-corrected chi connectivity index (χ0v) is 10.5. The lowest BCUT2D eigenvalue weighted by Crippen LogP contribution is -2.04. The molecule has 5 nitrogen and oxygen atoms in total. The van der Waals surface area contributed by atoms with Crippen LogP contribution in [-0.4, -0.2) is 19.6 Å². The number of hydrogen-bond donors (Lipinski definition) is 2. The van der Waals surface area contributed by atoms with Gasteiger partial charge in [0.2, 0.25) is 0 Å². The van der Waals surface area contributed by atoms with Gasteiger partial charge in [-0.3, -0.25) is 9.50 Å². The second-order valence-electron chi connectivity index (χ2n) is 3.98. The summed E-state index contributed by atoms with van der Waals surface area (Å²) in [6, 6.07) is 0. The van der Waals surface area contributed by atoms with Crippen molar-refractivity contribution in [2.45, 2.75) is 20.4 Å². The van der Waals surface area contributed by atoms with Crippen LogP contribution in [0.25, 0.3) is 4.96 Å². The van der Waals surface area contributed by atoms with Crippen LogP contribution in [0, 0.1) is 13.8 Å². The molecular weight excluding hydrogens is 234 g/mol. The van der Waals surface area contributed by atoms with Crippen LogP contribution in [0.3, 0.4) is 0 Å². The average molecular weight is 247 g/mol. The second kappa shape index (κ2) is 3.89. The molecule has 0 aliphatic carbocycles. The number of imidazole rings is 1. The molecule has 3 heterocycles. The number of anilines is 1. The summed E-state index contributed by atoms with van der Waals surface area (Å²) in [6.45, 7) is 4.90. The van der Waals surface area contributed by atoms with Gasteiger partial charge in [0, 0.05) is 17.3 Å². The molecule has 0 atom stereocenters. The first-order valence-electron chi connectivity index (χ1n) is 5.40. The number of aromatic amines is 1. The van der Waals surface area contributed by atoms with Crippen LogP contribution >= 0.6 is 11.3 Å². The van der Waals surface area contributed by atoms with Gasteiger partial charge in [0.05, 0.1) is 29.8 Å². The molecule has 0 saturated heterocycles. The Morgan fingerprint density at radius 1 is 1.47 bits per heavy atom. The van der Waals surface area contributed by atoms with Crippen LogP contribution in [0.5, 0.6) is 0 Å². The largest absolute Gasteiger partial charge is 0.377 e. The lowest BCUT2D eigenvalue weighted by Gasteiger charge is -2.04. The second-order valence-corrected chi connectivity index (χ2v) is 4.82. The first-order valence-corrected chi connectivity index (χ1v) is 6.28. The summed E-state index contributed by atoms with van der Waals surface area (Å²) in [5.41, 5.74) is 4.51. The van der Waals surface area contributed by atoms with E-state index in [0.29, 0.717) is 0 Å². The molecule has 2 N–H and O–H groups in total. The van der Waals surface area contributed by atoms with Crippen molar-refractivity contribution in [3.63, 3.8) is 0 Å². The Labute approximate surface area is 103 Å². The van der Waals surface area contributed by atoms with Crippen LogP contribution in [0.2, 0.25) is 0 Å². The maximum absolute atomic E-state index is 4.55. The van der Waals surface area contributed by atoms with E-state index in [1.165, 1.54) is 11.4 Å². The minimum atomic E-state index is 0.754. The van der Waals surface area contributed by atoms with Crippen molar-refractivity contribution in [3.05, 3.63) is 34.9 Å². The van der Waals surface area contributed by atoms with Gasteiger partial charge in [-0.2, -0.15) is 5.10 Å². The molecule has 0 saturated carbocycles. The van der Waals surface area contributed by atoms with Crippen molar-refractivity contribution < 1.29 is 0 Å². The van der Waals surface area contributed by atoms with Crippen LogP contribution < -0.4 is 5.32 Å². The fourth-order valence-electron chi connectivity index (χ4n) is 1.91. The van der Waals surface area contributed by atoms with Crippen LogP contribution in [-0.2, 0) is 6.54 Å². The Morgan fingerprint density at radius 3 is 3.12 bits per heavy atom. The summed E-state index contributed by atoms with van der Waals surface area (Å²) >= 11 is 1.68. The molecule has 0 bridgehead atoms. The van der Waals surface area contributed by atoms with E-state index in [4.69, 9.17) is 0 Å². The zero-order chi connectivity index (χ0) is 11.8. The third-order valence-corrected chi connectivity index (χ3v) is 3.73. The lowest BCUT2D eigenvalue weighted by atomic mass is 10.3. The summed E-state index contributed by atoms with van der Waals surface area (Å²) in [5, 5.41) is 12.1. The summed E-state index contributed by atoms with van der Waals surface area (Å²) < 4.78 is 2.20. The van der Waals surface area contributed by atoms with Crippen molar-refractivity contribution in [2.24, 2.45) is 0 Å². The smallest absolute Gasteiger partial charge is 0.194 e. The van der Waals surface area contributed by atoms with Gasteiger partial charge in [0.15, 0.2) is 4.96 Å². The van der Waals surface area contributed by atoms with Gasteiger partial charge < -0.3 is 5.32 Å². The molecule has 0 fully saturated rings. The third-order valence-electron chi connectivity index (χ3n) is 2.79. The molecule has 0 aromatic carbocycles. The highest BCUT2D eigenvalue weighted by atomic mass is 32.1. The van der Waals surface area contributed by atoms with Crippen LogP contribution in [0.4, 0.5) is 5.69 Å². The van der Waals surface area contributed by atoms with Crippen molar-refractivity contribution in [3.8, 4) is 0 Å². The van der Waals surface area contributed by atoms with Crippen molar-refractivity contribution in [1.29, 1.82) is 0 Å². The number of fused-ring (bicyclic) bond motifs is 1. The van der Waals surface area contributed by atoms with Gasteiger partial charge in [0.1, 0.15) is 0 Å². The minimum absolute atomic E-state index is 0.754. The number of aromatic nitrogens is 4. The Bertz CT molecular complexity index is 634. The van der Waals surface area contributed by atoms with E-state index in [0.717, 1.165) is 22.9 Å². The normalized spacial score (nSPS) is 11.2. The van der Waals surface area contributed by atoms with Crippen LogP contribution in [0.1, 0.15) is 17.1 Å². The predicted molar refractivity (Wildman–Crippen MR) is 68.5 cm³/mol. The molecule has 6 heteroatoms. The molecule has 0 radical (unpaired) electrons. The van der Waals surface area contributed by atoms with E-state index < -0.39 is 0 Å². The highest BCUT2D eigenvalue weighted by Crippen LogP contribution is 2.21. The van der Waals surface area contributed by atoms with Crippen molar-refractivity contribution in [1.82, 2.24) is 19.6 Å². The summed E-state index contributed by atoms with van der Waals surface area (Å²) in [4.78, 5) is 5.61. The molecule has 0 unspecified atom stereocenters. The number of hydrogen-bond acceptors (Lipinski definition) is 4. The standard InChI is InChI=1S/C11H13N5S/c1-7-6-17-11-15-8(2)10(16(7)11)5-12-9-3-13-14-4-9/h3-4,6,12H,5H2,1-2H3,(H,13,14). The molecule has 0 spiro atoms.